The fraction of sp³-hybridized carbons (Fsp3) is 0.133. The number of rotatable bonds is 5. The summed E-state index contributed by atoms with van der Waals surface area (Å²) in [5.41, 5.74) is 1.01. The maximum atomic E-state index is 11.5. The summed E-state index contributed by atoms with van der Waals surface area (Å²) in [6.07, 6.45) is 0. The summed E-state index contributed by atoms with van der Waals surface area (Å²) in [7, 11) is 1.54. The van der Waals surface area contributed by atoms with Crippen molar-refractivity contribution in [1.82, 2.24) is 0 Å². The van der Waals surface area contributed by atoms with Crippen LogP contribution in [-0.2, 0) is 4.79 Å². The highest BCUT2D eigenvalue weighted by molar-refractivity contribution is 6.33. The van der Waals surface area contributed by atoms with Crippen molar-refractivity contribution in [2.45, 2.75) is 6.04 Å². The molecule has 0 saturated heterocycles. The number of aliphatic carboxylic acids is 1. The lowest BCUT2D eigenvalue weighted by atomic mass is 10.1. The van der Waals surface area contributed by atoms with Gasteiger partial charge in [0.2, 0.25) is 0 Å². The lowest BCUT2D eigenvalue weighted by Gasteiger charge is -2.18. The van der Waals surface area contributed by atoms with E-state index >= 15 is 0 Å². The standard InChI is InChI=1S/C15H13Cl2NO3/c1-21-11-4-2-3-10(8-11)18-14(15(19)20)12-7-9(16)5-6-13(12)17/h2-8,14,18H,1H3,(H,19,20). The summed E-state index contributed by atoms with van der Waals surface area (Å²) in [5.74, 6) is -0.427. The van der Waals surface area contributed by atoms with Crippen LogP contribution in [0.5, 0.6) is 5.75 Å². The second-order valence-electron chi connectivity index (χ2n) is 4.31. The first-order valence-corrected chi connectivity index (χ1v) is 6.85. The van der Waals surface area contributed by atoms with Gasteiger partial charge < -0.3 is 15.2 Å². The first-order chi connectivity index (χ1) is 10.0. The predicted molar refractivity (Wildman–Crippen MR) is 83.5 cm³/mol. The number of benzene rings is 2. The Bertz CT molecular complexity index is 661. The van der Waals surface area contributed by atoms with E-state index in [1.54, 1.807) is 43.5 Å². The number of carbonyl (C=O) groups is 1. The van der Waals surface area contributed by atoms with E-state index in [2.05, 4.69) is 5.32 Å². The first-order valence-electron chi connectivity index (χ1n) is 6.09. The average Bonchev–Trinajstić information content (AvgIpc) is 2.47. The third kappa shape index (κ3) is 3.80. The van der Waals surface area contributed by atoms with Gasteiger partial charge in [0.25, 0.3) is 0 Å². The SMILES string of the molecule is COc1cccc(NC(C(=O)O)c2cc(Cl)ccc2Cl)c1. The van der Waals surface area contributed by atoms with E-state index in [-0.39, 0.29) is 0 Å². The molecule has 4 nitrogen and oxygen atoms in total. The molecular formula is C15H13Cl2NO3. The Kier molecular flexibility index (Phi) is 4.94. The molecule has 0 aromatic heterocycles. The van der Waals surface area contributed by atoms with Gasteiger partial charge in [-0.15, -0.1) is 0 Å². The van der Waals surface area contributed by atoms with Crippen LogP contribution in [-0.4, -0.2) is 18.2 Å². The third-order valence-electron chi connectivity index (χ3n) is 2.90. The molecule has 2 rings (SSSR count). The molecule has 0 aliphatic heterocycles. The van der Waals surface area contributed by atoms with Crippen LogP contribution >= 0.6 is 23.2 Å². The molecule has 0 spiro atoms. The van der Waals surface area contributed by atoms with E-state index < -0.39 is 12.0 Å². The van der Waals surface area contributed by atoms with Gasteiger partial charge in [0.1, 0.15) is 5.75 Å². The van der Waals surface area contributed by atoms with Gasteiger partial charge >= 0.3 is 5.97 Å². The van der Waals surface area contributed by atoms with Crippen molar-refractivity contribution in [2.75, 3.05) is 12.4 Å². The van der Waals surface area contributed by atoms with Gasteiger partial charge in [-0.3, -0.25) is 0 Å². The van der Waals surface area contributed by atoms with Crippen molar-refractivity contribution in [1.29, 1.82) is 0 Å². The highest BCUT2D eigenvalue weighted by atomic mass is 35.5. The van der Waals surface area contributed by atoms with Gasteiger partial charge in [-0.25, -0.2) is 4.79 Å². The van der Waals surface area contributed by atoms with Gasteiger partial charge in [-0.2, -0.15) is 0 Å². The molecule has 6 heteroatoms. The molecule has 2 aromatic carbocycles. The molecule has 0 saturated carbocycles. The van der Waals surface area contributed by atoms with Crippen molar-refractivity contribution < 1.29 is 14.6 Å². The van der Waals surface area contributed by atoms with Crippen LogP contribution in [0.2, 0.25) is 10.0 Å². The number of nitrogens with one attached hydrogen (secondary N) is 1. The zero-order valence-electron chi connectivity index (χ0n) is 11.1. The molecule has 21 heavy (non-hydrogen) atoms. The number of hydrogen-bond acceptors (Lipinski definition) is 3. The van der Waals surface area contributed by atoms with Gasteiger partial charge in [0.05, 0.1) is 7.11 Å². The smallest absolute Gasteiger partial charge is 0.330 e. The summed E-state index contributed by atoms with van der Waals surface area (Å²) in [5, 5.41) is 13.1. The van der Waals surface area contributed by atoms with Crippen LogP contribution in [0.25, 0.3) is 0 Å². The van der Waals surface area contributed by atoms with Crippen molar-refractivity contribution >= 4 is 34.9 Å². The number of carboxylic acid groups (broad SMARTS) is 1. The number of halogens is 2. The van der Waals surface area contributed by atoms with E-state index in [4.69, 9.17) is 27.9 Å². The van der Waals surface area contributed by atoms with Crippen LogP contribution < -0.4 is 10.1 Å². The van der Waals surface area contributed by atoms with Gasteiger partial charge in [-0.1, -0.05) is 29.3 Å². The Labute approximate surface area is 132 Å². The van der Waals surface area contributed by atoms with Crippen LogP contribution in [0.3, 0.4) is 0 Å². The Morgan fingerprint density at radius 1 is 1.24 bits per heavy atom. The lowest BCUT2D eigenvalue weighted by molar-refractivity contribution is -0.138. The fourth-order valence-electron chi connectivity index (χ4n) is 1.89. The van der Waals surface area contributed by atoms with Gasteiger partial charge in [-0.05, 0) is 30.3 Å². The summed E-state index contributed by atoms with van der Waals surface area (Å²) in [6, 6.07) is 10.7. The van der Waals surface area contributed by atoms with Crippen molar-refractivity contribution in [2.24, 2.45) is 0 Å². The summed E-state index contributed by atoms with van der Waals surface area (Å²) in [6.45, 7) is 0. The van der Waals surface area contributed by atoms with E-state index in [1.165, 1.54) is 6.07 Å². The minimum Gasteiger partial charge on any atom is -0.497 e. The molecule has 0 bridgehead atoms. The third-order valence-corrected chi connectivity index (χ3v) is 3.48. The zero-order valence-corrected chi connectivity index (χ0v) is 12.7. The van der Waals surface area contributed by atoms with Crippen LogP contribution in [0, 0.1) is 0 Å². The van der Waals surface area contributed by atoms with Gasteiger partial charge in [0, 0.05) is 27.4 Å². The molecule has 110 valence electrons. The van der Waals surface area contributed by atoms with Crippen LogP contribution in [0.1, 0.15) is 11.6 Å². The molecule has 2 aromatic rings. The van der Waals surface area contributed by atoms with Crippen molar-refractivity contribution in [3.8, 4) is 5.75 Å². The number of ether oxygens (including phenoxy) is 1. The lowest BCUT2D eigenvalue weighted by Crippen LogP contribution is -2.20. The van der Waals surface area contributed by atoms with Crippen molar-refractivity contribution in [3.63, 3.8) is 0 Å². The Morgan fingerprint density at radius 2 is 2.00 bits per heavy atom. The van der Waals surface area contributed by atoms with Crippen LogP contribution in [0.4, 0.5) is 5.69 Å². The summed E-state index contributed by atoms with van der Waals surface area (Å²) in [4.78, 5) is 11.5. The topological polar surface area (TPSA) is 58.6 Å². The normalized spacial score (nSPS) is 11.8. The van der Waals surface area contributed by atoms with Crippen LogP contribution in [0.15, 0.2) is 42.5 Å². The number of anilines is 1. The monoisotopic (exact) mass is 325 g/mol. The number of carboxylic acids is 1. The van der Waals surface area contributed by atoms with E-state index in [9.17, 15) is 9.90 Å². The predicted octanol–water partition coefficient (Wildman–Crippen LogP) is 4.24. The highest BCUT2D eigenvalue weighted by Gasteiger charge is 2.22. The number of methoxy groups -OCH3 is 1. The molecule has 0 aliphatic carbocycles. The molecule has 0 amide bonds. The second kappa shape index (κ2) is 6.70. The molecule has 2 N–H and O–H groups in total. The van der Waals surface area contributed by atoms with E-state index in [0.29, 0.717) is 27.0 Å². The molecule has 0 aliphatic rings. The zero-order chi connectivity index (χ0) is 15.4. The minimum absolute atomic E-state index is 0.335. The molecule has 1 atom stereocenters. The average molecular weight is 326 g/mol. The molecule has 0 fully saturated rings. The maximum Gasteiger partial charge on any atom is 0.330 e. The second-order valence-corrected chi connectivity index (χ2v) is 5.16. The van der Waals surface area contributed by atoms with E-state index in [0.717, 1.165) is 0 Å². The first kappa shape index (κ1) is 15.5. The Hall–Kier alpha value is -1.91. The molecule has 0 radical (unpaired) electrons. The van der Waals surface area contributed by atoms with Crippen molar-refractivity contribution in [3.05, 3.63) is 58.1 Å². The van der Waals surface area contributed by atoms with Gasteiger partial charge in [0.15, 0.2) is 6.04 Å². The highest BCUT2D eigenvalue weighted by Crippen LogP contribution is 2.30. The summed E-state index contributed by atoms with van der Waals surface area (Å²) < 4.78 is 5.11. The summed E-state index contributed by atoms with van der Waals surface area (Å²) >= 11 is 12.0. The number of hydrogen-bond donors (Lipinski definition) is 2. The molecule has 1 unspecified atom stereocenters. The Morgan fingerprint density at radius 3 is 2.67 bits per heavy atom. The maximum absolute atomic E-state index is 11.5. The Balaban J connectivity index is 2.35. The molecular weight excluding hydrogens is 313 g/mol. The molecule has 0 heterocycles. The quantitative estimate of drug-likeness (QED) is 0.863. The minimum atomic E-state index is -1.05. The van der Waals surface area contributed by atoms with E-state index in [1.807, 2.05) is 0 Å². The fourth-order valence-corrected chi connectivity index (χ4v) is 2.30. The largest absolute Gasteiger partial charge is 0.497 e.